The van der Waals surface area contributed by atoms with Crippen molar-refractivity contribution in [2.75, 3.05) is 6.61 Å². The van der Waals surface area contributed by atoms with Gasteiger partial charge in [-0.2, -0.15) is 0 Å². The first-order chi connectivity index (χ1) is 12.8. The summed E-state index contributed by atoms with van der Waals surface area (Å²) in [5, 5.41) is 0. The van der Waals surface area contributed by atoms with Gasteiger partial charge in [0.1, 0.15) is 11.7 Å². The van der Waals surface area contributed by atoms with Gasteiger partial charge < -0.3 is 14.2 Å². The highest BCUT2D eigenvalue weighted by molar-refractivity contribution is 5.78. The average Bonchev–Trinajstić information content (AvgIpc) is 3.48. The van der Waals surface area contributed by atoms with Crippen LogP contribution in [0, 0.1) is 34.5 Å². The Morgan fingerprint density at radius 2 is 2.00 bits per heavy atom. The topological polar surface area (TPSA) is 51.4 Å². The molecule has 5 aliphatic rings. The molecule has 0 aromatic heterocycles. The van der Waals surface area contributed by atoms with Crippen LogP contribution in [-0.4, -0.2) is 36.5 Å². The van der Waals surface area contributed by atoms with Gasteiger partial charge in [0, 0.05) is 0 Å². The molecule has 3 unspecified atom stereocenters. The minimum Gasteiger partial charge on any atom is -0.465 e. The van der Waals surface area contributed by atoms with E-state index in [9.17, 15) is 4.79 Å². The zero-order valence-corrected chi connectivity index (χ0v) is 17.6. The zero-order valence-electron chi connectivity index (χ0n) is 17.6. The molecule has 4 nitrogen and oxygen atoms in total. The first kappa shape index (κ1) is 18.4. The van der Waals surface area contributed by atoms with Crippen molar-refractivity contribution < 1.29 is 19.0 Å². The number of carbonyl (C=O) groups is 1. The standard InChI is InChI=1S/C23H36O4/c1-6-11-25-20(24)23-10-9-21(4)12-16-22(5,27-16)19-18(26-19)17(21)15(23)8-7-14(23)13(2)3/h13-19H,6-12H2,1-5H3/t14-,15+,16?,17-,18?,19?,21+,22-,23+/m1/s1. The van der Waals surface area contributed by atoms with E-state index < -0.39 is 0 Å². The van der Waals surface area contributed by atoms with Crippen molar-refractivity contribution in [3.05, 3.63) is 0 Å². The largest absolute Gasteiger partial charge is 0.465 e. The van der Waals surface area contributed by atoms with Gasteiger partial charge in [-0.15, -0.1) is 0 Å². The molecule has 27 heavy (non-hydrogen) atoms. The van der Waals surface area contributed by atoms with Crippen LogP contribution in [0.2, 0.25) is 0 Å². The van der Waals surface area contributed by atoms with Gasteiger partial charge in [0.05, 0.1) is 24.2 Å². The summed E-state index contributed by atoms with van der Waals surface area (Å²) in [6.45, 7) is 11.9. The Balaban J connectivity index is 1.52. The van der Waals surface area contributed by atoms with Gasteiger partial charge in [0.15, 0.2) is 0 Å². The fourth-order valence-corrected chi connectivity index (χ4v) is 7.74. The van der Waals surface area contributed by atoms with E-state index in [2.05, 4.69) is 34.6 Å². The second-order valence-corrected chi connectivity index (χ2v) is 10.9. The number of hydrogen-bond donors (Lipinski definition) is 0. The van der Waals surface area contributed by atoms with E-state index in [-0.39, 0.29) is 34.6 Å². The van der Waals surface area contributed by atoms with Crippen LogP contribution >= 0.6 is 0 Å². The number of esters is 1. The van der Waals surface area contributed by atoms with E-state index >= 15 is 0 Å². The van der Waals surface area contributed by atoms with Gasteiger partial charge in [-0.1, -0.05) is 27.7 Å². The fourth-order valence-electron chi connectivity index (χ4n) is 7.74. The Bertz CT molecular complexity index is 646. The Morgan fingerprint density at radius 1 is 1.22 bits per heavy atom. The Labute approximate surface area is 163 Å². The van der Waals surface area contributed by atoms with Gasteiger partial charge in [0.2, 0.25) is 0 Å². The highest BCUT2D eigenvalue weighted by atomic mass is 16.7. The molecule has 0 amide bonds. The summed E-state index contributed by atoms with van der Waals surface area (Å²) in [6.07, 6.45) is 7.29. The minimum atomic E-state index is -0.291. The van der Waals surface area contributed by atoms with Gasteiger partial charge in [-0.05, 0) is 74.5 Å². The summed E-state index contributed by atoms with van der Waals surface area (Å²) >= 11 is 0. The summed E-state index contributed by atoms with van der Waals surface area (Å²) in [5.41, 5.74) is -0.129. The van der Waals surface area contributed by atoms with Crippen molar-refractivity contribution in [1.29, 1.82) is 0 Å². The number of epoxide rings is 2. The fraction of sp³-hybridized carbons (Fsp3) is 0.957. The molecular formula is C23H36O4. The molecule has 3 aliphatic carbocycles. The first-order valence-electron chi connectivity index (χ1n) is 11.3. The molecule has 0 aromatic rings. The van der Waals surface area contributed by atoms with Gasteiger partial charge in [-0.25, -0.2) is 0 Å². The molecule has 0 spiro atoms. The predicted octanol–water partition coefficient (Wildman–Crippen LogP) is 4.35. The Kier molecular flexibility index (Phi) is 3.90. The van der Waals surface area contributed by atoms with Crippen molar-refractivity contribution in [2.24, 2.45) is 34.5 Å². The van der Waals surface area contributed by atoms with E-state index in [1.807, 2.05) is 0 Å². The van der Waals surface area contributed by atoms with Crippen molar-refractivity contribution in [1.82, 2.24) is 0 Å². The third-order valence-corrected chi connectivity index (χ3v) is 9.16. The average molecular weight is 377 g/mol. The lowest BCUT2D eigenvalue weighted by atomic mass is 9.50. The summed E-state index contributed by atoms with van der Waals surface area (Å²) in [7, 11) is 0. The highest BCUT2D eigenvalue weighted by Gasteiger charge is 2.77. The lowest BCUT2D eigenvalue weighted by Crippen LogP contribution is -2.54. The Hall–Kier alpha value is -0.610. The molecule has 5 rings (SSSR count). The minimum absolute atomic E-state index is 0.0630. The number of carbonyl (C=O) groups excluding carboxylic acids is 1. The van der Waals surface area contributed by atoms with Crippen molar-refractivity contribution in [3.8, 4) is 0 Å². The molecule has 2 heterocycles. The number of hydrogen-bond acceptors (Lipinski definition) is 4. The highest BCUT2D eigenvalue weighted by Crippen LogP contribution is 2.71. The van der Waals surface area contributed by atoms with Crippen molar-refractivity contribution in [3.63, 3.8) is 0 Å². The molecule has 0 radical (unpaired) electrons. The third kappa shape index (κ3) is 2.32. The van der Waals surface area contributed by atoms with E-state index in [0.717, 1.165) is 38.5 Å². The molecular weight excluding hydrogens is 340 g/mol. The molecule has 3 saturated carbocycles. The second-order valence-electron chi connectivity index (χ2n) is 10.9. The summed E-state index contributed by atoms with van der Waals surface area (Å²) in [5.74, 6) is 1.94. The lowest BCUT2D eigenvalue weighted by molar-refractivity contribution is -0.175. The summed E-state index contributed by atoms with van der Waals surface area (Å²) in [4.78, 5) is 13.5. The SMILES string of the molecule is CCCOC(=O)[C@]12CC[C@@]3(C)CC4O[C@@]4(C)C4OC4[C@H]3[C@@H]1CC[C@@H]2C(C)C. The monoisotopic (exact) mass is 376 g/mol. The van der Waals surface area contributed by atoms with Crippen LogP contribution in [0.5, 0.6) is 0 Å². The summed E-state index contributed by atoms with van der Waals surface area (Å²) < 4.78 is 18.2. The molecule has 0 aromatic carbocycles. The maximum absolute atomic E-state index is 13.5. The van der Waals surface area contributed by atoms with E-state index in [0.29, 0.717) is 36.4 Å². The molecule has 4 heteroatoms. The molecule has 2 saturated heterocycles. The second kappa shape index (κ2) is 5.72. The third-order valence-electron chi connectivity index (χ3n) is 9.16. The lowest BCUT2D eigenvalue weighted by Gasteiger charge is -2.53. The molecule has 0 bridgehead atoms. The van der Waals surface area contributed by atoms with E-state index in [1.54, 1.807) is 0 Å². The summed E-state index contributed by atoms with van der Waals surface area (Å²) in [6, 6.07) is 0. The Morgan fingerprint density at radius 3 is 2.70 bits per heavy atom. The van der Waals surface area contributed by atoms with Crippen LogP contribution in [0.3, 0.4) is 0 Å². The van der Waals surface area contributed by atoms with Crippen molar-refractivity contribution in [2.45, 2.75) is 97.1 Å². The molecule has 5 fully saturated rings. The molecule has 2 aliphatic heterocycles. The number of rotatable bonds is 4. The van der Waals surface area contributed by atoms with Crippen LogP contribution in [0.15, 0.2) is 0 Å². The van der Waals surface area contributed by atoms with Gasteiger partial charge in [0.25, 0.3) is 0 Å². The van der Waals surface area contributed by atoms with Crippen LogP contribution in [0.4, 0.5) is 0 Å². The molecule has 9 atom stereocenters. The normalized spacial score (nSPS) is 55.0. The smallest absolute Gasteiger partial charge is 0.312 e. The van der Waals surface area contributed by atoms with Crippen LogP contribution in [0.25, 0.3) is 0 Å². The maximum atomic E-state index is 13.5. The van der Waals surface area contributed by atoms with E-state index in [1.165, 1.54) is 0 Å². The van der Waals surface area contributed by atoms with Crippen molar-refractivity contribution >= 4 is 5.97 Å². The van der Waals surface area contributed by atoms with Crippen LogP contribution in [-0.2, 0) is 19.0 Å². The quantitative estimate of drug-likeness (QED) is 0.540. The zero-order chi connectivity index (χ0) is 19.2. The predicted molar refractivity (Wildman–Crippen MR) is 102 cm³/mol. The first-order valence-corrected chi connectivity index (χ1v) is 11.3. The maximum Gasteiger partial charge on any atom is 0.312 e. The number of fused-ring (bicyclic) bond motifs is 7. The molecule has 152 valence electrons. The van der Waals surface area contributed by atoms with E-state index in [4.69, 9.17) is 14.2 Å². The number of ether oxygens (including phenoxy) is 3. The van der Waals surface area contributed by atoms with Gasteiger partial charge >= 0.3 is 5.97 Å². The molecule has 0 N–H and O–H groups in total. The van der Waals surface area contributed by atoms with Crippen LogP contribution < -0.4 is 0 Å². The van der Waals surface area contributed by atoms with Gasteiger partial charge in [-0.3, -0.25) is 4.79 Å². The van der Waals surface area contributed by atoms with Crippen LogP contribution in [0.1, 0.15) is 73.1 Å².